The molecule has 2 aliphatic rings. The van der Waals surface area contributed by atoms with Crippen molar-refractivity contribution in [2.45, 2.75) is 11.4 Å². The van der Waals surface area contributed by atoms with Gasteiger partial charge in [0.15, 0.2) is 4.87 Å². The molecule has 168 valence electrons. The monoisotopic (exact) mass is 479 g/mol. The maximum Gasteiger partial charge on any atom is 0.323 e. The summed E-state index contributed by atoms with van der Waals surface area (Å²) in [5, 5.41) is 3.46. The van der Waals surface area contributed by atoms with E-state index in [-0.39, 0.29) is 11.9 Å². The zero-order valence-corrected chi connectivity index (χ0v) is 19.5. The topological polar surface area (TPSA) is 61.9 Å². The van der Waals surface area contributed by atoms with Crippen LogP contribution in [0.4, 0.5) is 16.2 Å². The number of halogens is 1. The molecule has 3 aromatic rings. The molecule has 1 atom stereocenters. The van der Waals surface area contributed by atoms with Gasteiger partial charge >= 0.3 is 6.03 Å². The van der Waals surface area contributed by atoms with Crippen LogP contribution in [0.15, 0.2) is 72.8 Å². The van der Waals surface area contributed by atoms with Crippen molar-refractivity contribution in [3.63, 3.8) is 0 Å². The SMILES string of the molecule is COc1ccc(NC(=O)N2CCSC23C(=O)N(Cc2ccccc2)c2ccc(Cl)cc23)cc1. The van der Waals surface area contributed by atoms with E-state index in [0.29, 0.717) is 35.3 Å². The Morgan fingerprint density at radius 2 is 1.88 bits per heavy atom. The van der Waals surface area contributed by atoms with Crippen LogP contribution in [0.25, 0.3) is 0 Å². The number of rotatable bonds is 4. The van der Waals surface area contributed by atoms with Crippen molar-refractivity contribution in [2.24, 2.45) is 0 Å². The Balaban J connectivity index is 1.50. The van der Waals surface area contributed by atoms with Gasteiger partial charge in [0.05, 0.1) is 19.3 Å². The van der Waals surface area contributed by atoms with Crippen molar-refractivity contribution in [1.29, 1.82) is 0 Å². The summed E-state index contributed by atoms with van der Waals surface area (Å²) >= 11 is 7.83. The number of benzene rings is 3. The molecule has 1 unspecified atom stereocenters. The number of urea groups is 1. The van der Waals surface area contributed by atoms with Crippen LogP contribution in [0.3, 0.4) is 0 Å². The Labute approximate surface area is 201 Å². The number of amides is 3. The second-order valence-corrected chi connectivity index (χ2v) is 9.57. The van der Waals surface area contributed by atoms with E-state index in [2.05, 4.69) is 5.32 Å². The van der Waals surface area contributed by atoms with Gasteiger partial charge in [-0.2, -0.15) is 0 Å². The molecule has 2 heterocycles. The summed E-state index contributed by atoms with van der Waals surface area (Å²) in [6, 6.07) is 22.1. The van der Waals surface area contributed by atoms with Crippen molar-refractivity contribution in [3.05, 3.63) is 88.9 Å². The summed E-state index contributed by atoms with van der Waals surface area (Å²) in [4.78, 5) is 29.6. The van der Waals surface area contributed by atoms with E-state index in [1.807, 2.05) is 42.5 Å². The zero-order valence-electron chi connectivity index (χ0n) is 18.0. The molecule has 0 radical (unpaired) electrons. The first-order chi connectivity index (χ1) is 16.0. The first kappa shape index (κ1) is 21.7. The molecule has 3 aromatic carbocycles. The second kappa shape index (κ2) is 8.65. The quantitative estimate of drug-likeness (QED) is 0.549. The van der Waals surface area contributed by atoms with Crippen molar-refractivity contribution in [1.82, 2.24) is 4.90 Å². The first-order valence-electron chi connectivity index (χ1n) is 10.6. The van der Waals surface area contributed by atoms with E-state index < -0.39 is 4.87 Å². The molecular weight excluding hydrogens is 458 g/mol. The zero-order chi connectivity index (χ0) is 23.0. The van der Waals surface area contributed by atoms with Gasteiger partial charge in [-0.15, -0.1) is 11.8 Å². The third kappa shape index (κ3) is 3.71. The number of carbonyl (C=O) groups is 2. The van der Waals surface area contributed by atoms with E-state index in [1.54, 1.807) is 47.2 Å². The predicted octanol–water partition coefficient (Wildman–Crippen LogP) is 5.33. The second-order valence-electron chi connectivity index (χ2n) is 7.84. The number of hydrogen-bond donors (Lipinski definition) is 1. The number of carbonyl (C=O) groups excluding carboxylic acids is 2. The summed E-state index contributed by atoms with van der Waals surface area (Å²) in [6.07, 6.45) is 0. The highest BCUT2D eigenvalue weighted by molar-refractivity contribution is 8.01. The van der Waals surface area contributed by atoms with Crippen LogP contribution in [0.5, 0.6) is 5.75 Å². The van der Waals surface area contributed by atoms with Gasteiger partial charge < -0.3 is 15.0 Å². The Morgan fingerprint density at radius 3 is 2.61 bits per heavy atom. The van der Waals surface area contributed by atoms with E-state index >= 15 is 0 Å². The minimum Gasteiger partial charge on any atom is -0.497 e. The van der Waals surface area contributed by atoms with Gasteiger partial charge in [-0.25, -0.2) is 4.79 Å². The molecule has 1 spiro atoms. The Morgan fingerprint density at radius 1 is 1.12 bits per heavy atom. The lowest BCUT2D eigenvalue weighted by atomic mass is 10.1. The van der Waals surface area contributed by atoms with Crippen molar-refractivity contribution < 1.29 is 14.3 Å². The molecule has 1 saturated heterocycles. The Hall–Kier alpha value is -3.16. The lowest BCUT2D eigenvalue weighted by molar-refractivity contribution is -0.123. The fourth-order valence-corrected chi connectivity index (χ4v) is 6.00. The largest absolute Gasteiger partial charge is 0.497 e. The fraction of sp³-hybridized carbons (Fsp3) is 0.200. The number of thioether (sulfide) groups is 1. The first-order valence-corrected chi connectivity index (χ1v) is 11.9. The molecule has 0 bridgehead atoms. The molecule has 1 N–H and O–H groups in total. The van der Waals surface area contributed by atoms with Crippen LogP contribution in [-0.2, 0) is 16.2 Å². The van der Waals surface area contributed by atoms with Crippen molar-refractivity contribution >= 4 is 46.7 Å². The molecule has 3 amide bonds. The van der Waals surface area contributed by atoms with E-state index in [1.165, 1.54) is 11.8 Å². The minimum atomic E-state index is -1.15. The third-order valence-corrected chi connectivity index (χ3v) is 7.58. The fourth-order valence-electron chi connectivity index (χ4n) is 4.38. The molecule has 0 aliphatic carbocycles. The average molecular weight is 480 g/mol. The lowest BCUT2D eigenvalue weighted by Crippen LogP contribution is -2.51. The highest BCUT2D eigenvalue weighted by Crippen LogP contribution is 2.55. The maximum atomic E-state index is 14.0. The van der Waals surface area contributed by atoms with Crippen LogP contribution in [0.2, 0.25) is 5.02 Å². The number of anilines is 2. The van der Waals surface area contributed by atoms with Crippen molar-refractivity contribution in [3.8, 4) is 5.75 Å². The Bertz CT molecular complexity index is 1210. The number of hydrogen-bond acceptors (Lipinski definition) is 4. The smallest absolute Gasteiger partial charge is 0.323 e. The molecule has 0 saturated carbocycles. The third-order valence-electron chi connectivity index (χ3n) is 5.93. The molecule has 0 aromatic heterocycles. The number of fused-ring (bicyclic) bond motifs is 2. The molecule has 1 fully saturated rings. The van der Waals surface area contributed by atoms with Gasteiger partial charge in [-0.3, -0.25) is 9.69 Å². The molecule has 5 rings (SSSR count). The highest BCUT2D eigenvalue weighted by Gasteiger charge is 2.59. The normalized spacial score (nSPS) is 19.2. The minimum absolute atomic E-state index is 0.129. The van der Waals surface area contributed by atoms with E-state index in [9.17, 15) is 9.59 Å². The van der Waals surface area contributed by atoms with Gasteiger partial charge in [0.2, 0.25) is 0 Å². The summed E-state index contributed by atoms with van der Waals surface area (Å²) in [5.74, 6) is 1.22. The van der Waals surface area contributed by atoms with Gasteiger partial charge in [0.25, 0.3) is 5.91 Å². The van der Waals surface area contributed by atoms with Gasteiger partial charge in [-0.05, 0) is 48.0 Å². The van der Waals surface area contributed by atoms with Crippen LogP contribution in [-0.4, -0.2) is 36.2 Å². The van der Waals surface area contributed by atoms with Crippen LogP contribution < -0.4 is 15.0 Å². The van der Waals surface area contributed by atoms with E-state index in [0.717, 1.165) is 16.8 Å². The summed E-state index contributed by atoms with van der Waals surface area (Å²) in [6.45, 7) is 0.869. The molecular formula is C25H22ClN3O3S. The highest BCUT2D eigenvalue weighted by atomic mass is 35.5. The summed E-state index contributed by atoms with van der Waals surface area (Å²) in [5.41, 5.74) is 3.18. The standard InChI is InChI=1S/C25H22ClN3O3S/c1-32-20-10-8-19(9-11-20)27-24(31)29-13-14-33-25(29)21-15-18(26)7-12-22(21)28(23(25)30)16-17-5-3-2-4-6-17/h2-12,15H,13-14,16H2,1H3,(H,27,31). The molecule has 8 heteroatoms. The van der Waals surface area contributed by atoms with E-state index in [4.69, 9.17) is 16.3 Å². The van der Waals surface area contributed by atoms with Gasteiger partial charge in [0.1, 0.15) is 5.75 Å². The van der Waals surface area contributed by atoms with Crippen LogP contribution in [0, 0.1) is 0 Å². The van der Waals surface area contributed by atoms with Crippen LogP contribution >= 0.6 is 23.4 Å². The van der Waals surface area contributed by atoms with Gasteiger partial charge in [0, 0.05) is 28.6 Å². The summed E-state index contributed by atoms with van der Waals surface area (Å²) in [7, 11) is 1.59. The maximum absolute atomic E-state index is 14.0. The average Bonchev–Trinajstić information content (AvgIpc) is 3.37. The number of nitrogens with zero attached hydrogens (tertiary/aromatic N) is 2. The number of methoxy groups -OCH3 is 1. The molecule has 33 heavy (non-hydrogen) atoms. The molecule has 2 aliphatic heterocycles. The Kier molecular flexibility index (Phi) is 5.68. The predicted molar refractivity (Wildman–Crippen MR) is 132 cm³/mol. The lowest BCUT2D eigenvalue weighted by Gasteiger charge is -2.33. The number of ether oxygens (including phenoxy) is 1. The molecule has 6 nitrogen and oxygen atoms in total. The van der Waals surface area contributed by atoms with Gasteiger partial charge in [-0.1, -0.05) is 41.9 Å². The van der Waals surface area contributed by atoms with Crippen LogP contribution in [0.1, 0.15) is 11.1 Å². The van der Waals surface area contributed by atoms with Crippen molar-refractivity contribution in [2.75, 3.05) is 29.6 Å². The number of nitrogens with one attached hydrogen (secondary N) is 1. The summed E-state index contributed by atoms with van der Waals surface area (Å²) < 4.78 is 5.19.